The quantitative estimate of drug-likeness (QED) is 0.238. The van der Waals surface area contributed by atoms with Gasteiger partial charge in [0.2, 0.25) is 0 Å². The van der Waals surface area contributed by atoms with Gasteiger partial charge in [-0.15, -0.1) is 0 Å². The van der Waals surface area contributed by atoms with Crippen molar-refractivity contribution in [1.82, 2.24) is 35.1 Å². The van der Waals surface area contributed by atoms with Crippen LogP contribution in [0, 0.1) is 13.8 Å². The predicted octanol–water partition coefficient (Wildman–Crippen LogP) is 5.61. The first-order valence-electron chi connectivity index (χ1n) is 13.2. The summed E-state index contributed by atoms with van der Waals surface area (Å²) in [4.78, 5) is 31.1. The third kappa shape index (κ3) is 6.21. The monoisotopic (exact) mass is 658 g/mol. The van der Waals surface area contributed by atoms with Crippen LogP contribution >= 0.6 is 11.6 Å². The van der Waals surface area contributed by atoms with Crippen LogP contribution in [0.1, 0.15) is 56.2 Å². The molecule has 18 heteroatoms. The van der Waals surface area contributed by atoms with Gasteiger partial charge in [-0.25, -0.2) is 14.1 Å². The van der Waals surface area contributed by atoms with Gasteiger partial charge in [-0.1, -0.05) is 17.7 Å². The van der Waals surface area contributed by atoms with E-state index in [0.717, 1.165) is 29.2 Å². The molecule has 1 saturated carbocycles. The molecule has 0 saturated heterocycles. The van der Waals surface area contributed by atoms with Gasteiger partial charge < -0.3 is 10.6 Å². The molecule has 0 aliphatic heterocycles. The SMILES string of the molecule is Cc1cc(C)c(NC(=O)c2cc(Cn3ncc(C(F)(C(F)(F)F)C(F)(F)F)n3)nn2-c2ncccc2Cl)c(C(=O)NC2CC2)c1. The minimum Gasteiger partial charge on any atom is -0.349 e. The van der Waals surface area contributed by atoms with E-state index in [1.807, 2.05) is 0 Å². The van der Waals surface area contributed by atoms with E-state index in [9.17, 15) is 40.3 Å². The predicted molar refractivity (Wildman–Crippen MR) is 145 cm³/mol. The molecule has 0 bridgehead atoms. The molecule has 1 aromatic carbocycles. The maximum atomic E-state index is 14.5. The summed E-state index contributed by atoms with van der Waals surface area (Å²) in [5, 5.41) is 16.2. The molecule has 4 aromatic rings. The fourth-order valence-corrected chi connectivity index (χ4v) is 4.67. The summed E-state index contributed by atoms with van der Waals surface area (Å²) in [5.41, 5.74) is -6.45. The number of alkyl halides is 7. The topological polar surface area (TPSA) is 120 Å². The van der Waals surface area contributed by atoms with Crippen LogP contribution < -0.4 is 10.6 Å². The summed E-state index contributed by atoms with van der Waals surface area (Å²) >= 11 is 6.28. The van der Waals surface area contributed by atoms with Crippen LogP contribution in [0.5, 0.6) is 0 Å². The molecule has 0 atom stereocenters. The number of carbonyl (C=O) groups excluding carboxylic acids is 2. The lowest BCUT2D eigenvalue weighted by Gasteiger charge is -2.27. The number of halogens is 8. The van der Waals surface area contributed by atoms with Crippen molar-refractivity contribution in [1.29, 1.82) is 0 Å². The fraction of sp³-hybridized carbons (Fsp3) is 0.333. The molecule has 45 heavy (non-hydrogen) atoms. The minimum atomic E-state index is -6.38. The van der Waals surface area contributed by atoms with Crippen LogP contribution in [-0.2, 0) is 12.2 Å². The second-order valence-electron chi connectivity index (χ2n) is 10.4. The number of aryl methyl sites for hydroxylation is 2. The standard InChI is InChI=1S/C27H22ClF7N8O2/c1-13-8-14(2)21(17(9-13)23(44)38-15-5-6-15)39-24(45)19-10-16(40-43(19)22-18(28)4-3-7-36-22)12-42-37-11-20(41-42)25(29,26(30,31)32)27(33,34)35/h3-4,7-11,15H,5-6,12H2,1-2H3,(H,38,44)(H,39,45). The number of aromatic nitrogens is 6. The number of rotatable bonds is 8. The minimum absolute atomic E-state index is 0.00952. The van der Waals surface area contributed by atoms with Crippen molar-refractivity contribution in [3.8, 4) is 5.82 Å². The van der Waals surface area contributed by atoms with Gasteiger partial charge in [-0.3, -0.25) is 9.59 Å². The Morgan fingerprint density at radius 2 is 1.69 bits per heavy atom. The number of hydrogen-bond donors (Lipinski definition) is 2. The second-order valence-corrected chi connectivity index (χ2v) is 10.8. The molecule has 0 spiro atoms. The molecule has 2 amide bonds. The van der Waals surface area contributed by atoms with E-state index >= 15 is 0 Å². The average Bonchev–Trinajstić information content (AvgIpc) is 3.46. The fourth-order valence-electron chi connectivity index (χ4n) is 4.47. The summed E-state index contributed by atoms with van der Waals surface area (Å²) < 4.78 is 94.6. The first kappa shape index (κ1) is 31.9. The molecule has 5 rings (SSSR count). The summed E-state index contributed by atoms with van der Waals surface area (Å²) in [6, 6.07) is 7.46. The van der Waals surface area contributed by atoms with E-state index < -0.39 is 42.1 Å². The number of nitrogens with one attached hydrogen (secondary N) is 2. The van der Waals surface area contributed by atoms with Crippen molar-refractivity contribution in [2.24, 2.45) is 0 Å². The smallest absolute Gasteiger partial charge is 0.349 e. The Morgan fingerprint density at radius 3 is 2.31 bits per heavy atom. The first-order chi connectivity index (χ1) is 21.0. The number of pyridine rings is 1. The van der Waals surface area contributed by atoms with Crippen LogP contribution in [-0.4, -0.2) is 60.0 Å². The lowest BCUT2D eigenvalue weighted by molar-refractivity contribution is -0.350. The van der Waals surface area contributed by atoms with Gasteiger partial charge in [0.05, 0.1) is 28.2 Å². The Morgan fingerprint density at radius 1 is 1.00 bits per heavy atom. The maximum absolute atomic E-state index is 14.5. The van der Waals surface area contributed by atoms with Crippen LogP contribution in [0.25, 0.3) is 5.82 Å². The molecule has 0 unspecified atom stereocenters. The van der Waals surface area contributed by atoms with E-state index in [1.165, 1.54) is 18.3 Å². The molecule has 238 valence electrons. The van der Waals surface area contributed by atoms with Gasteiger partial charge in [0.1, 0.15) is 17.9 Å². The highest BCUT2D eigenvalue weighted by atomic mass is 35.5. The van der Waals surface area contributed by atoms with E-state index in [1.54, 1.807) is 26.0 Å². The lowest BCUT2D eigenvalue weighted by atomic mass is 10.0. The zero-order valence-corrected chi connectivity index (χ0v) is 24.0. The van der Waals surface area contributed by atoms with Gasteiger partial charge >= 0.3 is 18.0 Å². The van der Waals surface area contributed by atoms with E-state index in [0.29, 0.717) is 10.4 Å². The molecule has 1 aliphatic carbocycles. The van der Waals surface area contributed by atoms with E-state index in [2.05, 4.69) is 30.9 Å². The molecule has 3 aromatic heterocycles. The van der Waals surface area contributed by atoms with Crippen molar-refractivity contribution in [2.45, 2.75) is 57.3 Å². The van der Waals surface area contributed by atoms with Crippen molar-refractivity contribution >= 4 is 29.1 Å². The number of amides is 2. The van der Waals surface area contributed by atoms with Gasteiger partial charge in [0, 0.05) is 12.2 Å². The van der Waals surface area contributed by atoms with Crippen LogP contribution in [0.2, 0.25) is 5.02 Å². The Hall–Kier alpha value is -4.54. The average molecular weight is 659 g/mol. The number of nitrogens with zero attached hydrogens (tertiary/aromatic N) is 6. The third-order valence-electron chi connectivity index (χ3n) is 6.78. The maximum Gasteiger partial charge on any atom is 0.437 e. The second kappa shape index (κ2) is 11.4. The zero-order valence-electron chi connectivity index (χ0n) is 23.3. The Bertz CT molecular complexity index is 1770. The lowest BCUT2D eigenvalue weighted by Crippen LogP contribution is -2.50. The number of benzene rings is 1. The van der Waals surface area contributed by atoms with E-state index in [4.69, 9.17) is 11.6 Å². The van der Waals surface area contributed by atoms with Gasteiger partial charge in [0.25, 0.3) is 11.8 Å². The molecule has 1 aliphatic rings. The van der Waals surface area contributed by atoms with Crippen LogP contribution in [0.3, 0.4) is 0 Å². The Balaban J connectivity index is 1.51. The summed E-state index contributed by atoms with van der Waals surface area (Å²) in [6.07, 6.45) is -9.75. The molecular weight excluding hydrogens is 637 g/mol. The number of anilines is 1. The van der Waals surface area contributed by atoms with Gasteiger partial charge in [-0.2, -0.15) is 46.4 Å². The summed E-state index contributed by atoms with van der Waals surface area (Å²) in [5.74, 6) is -1.26. The van der Waals surface area contributed by atoms with Gasteiger partial charge in [-0.05, 0) is 62.1 Å². The molecule has 1 fully saturated rings. The Labute approximate surface area is 254 Å². The zero-order chi connectivity index (χ0) is 32.9. The molecule has 10 nitrogen and oxygen atoms in total. The third-order valence-corrected chi connectivity index (χ3v) is 7.08. The summed E-state index contributed by atoms with van der Waals surface area (Å²) in [6.45, 7) is 2.78. The van der Waals surface area contributed by atoms with Crippen molar-refractivity contribution in [3.05, 3.63) is 81.5 Å². The highest BCUT2D eigenvalue weighted by molar-refractivity contribution is 6.32. The molecule has 2 N–H and O–H groups in total. The van der Waals surface area contributed by atoms with E-state index in [-0.39, 0.29) is 45.7 Å². The van der Waals surface area contributed by atoms with Crippen molar-refractivity contribution in [3.63, 3.8) is 0 Å². The largest absolute Gasteiger partial charge is 0.437 e. The first-order valence-corrected chi connectivity index (χ1v) is 13.5. The molecule has 0 radical (unpaired) electrons. The molecule has 3 heterocycles. The van der Waals surface area contributed by atoms with Crippen LogP contribution in [0.4, 0.5) is 36.4 Å². The number of carbonyl (C=O) groups is 2. The van der Waals surface area contributed by atoms with Crippen LogP contribution in [0.15, 0.2) is 42.7 Å². The number of hydrogen-bond acceptors (Lipinski definition) is 6. The Kier molecular flexibility index (Phi) is 8.10. The summed E-state index contributed by atoms with van der Waals surface area (Å²) in [7, 11) is 0. The highest BCUT2D eigenvalue weighted by Crippen LogP contribution is 2.52. The van der Waals surface area contributed by atoms with Crippen molar-refractivity contribution < 1.29 is 40.3 Å². The normalized spacial score (nSPS) is 14.0. The van der Waals surface area contributed by atoms with Gasteiger partial charge in [0.15, 0.2) is 5.82 Å². The highest BCUT2D eigenvalue weighted by Gasteiger charge is 2.75. The van der Waals surface area contributed by atoms with Crippen molar-refractivity contribution in [2.75, 3.05) is 5.32 Å². The molecular formula is C27H22ClF7N8O2.